The fraction of sp³-hybridized carbons (Fsp3) is 0.231. The van der Waals surface area contributed by atoms with Crippen molar-refractivity contribution < 1.29 is 19.1 Å². The molecule has 0 bridgehead atoms. The van der Waals surface area contributed by atoms with E-state index in [1.165, 1.54) is 0 Å². The van der Waals surface area contributed by atoms with E-state index in [9.17, 15) is 9.59 Å². The Morgan fingerprint density at radius 2 is 1.41 bits per heavy atom. The zero-order valence-electron chi connectivity index (χ0n) is 18.6. The lowest BCUT2D eigenvalue weighted by molar-refractivity contribution is 0.102. The number of rotatable bonds is 9. The van der Waals surface area contributed by atoms with Crippen molar-refractivity contribution in [2.24, 2.45) is 5.92 Å². The molecule has 0 aliphatic heterocycles. The van der Waals surface area contributed by atoms with Gasteiger partial charge in [-0.2, -0.15) is 0 Å². The molecule has 3 aromatic carbocycles. The second kappa shape index (κ2) is 11.0. The second-order valence-corrected chi connectivity index (χ2v) is 7.64. The smallest absolute Gasteiger partial charge is 0.257 e. The number of nitrogens with one attached hydrogen (secondary N) is 2. The summed E-state index contributed by atoms with van der Waals surface area (Å²) in [7, 11) is 0. The molecule has 166 valence electrons. The van der Waals surface area contributed by atoms with Gasteiger partial charge in [-0.05, 0) is 73.5 Å². The predicted molar refractivity (Wildman–Crippen MR) is 127 cm³/mol. The standard InChI is InChI=1S/C26H28N2O4/c1-4-31-21-15-11-20(12-16-21)27-26(30)23-7-5-6-8-24(23)28-25(29)19-9-13-22(14-10-19)32-17-18(2)3/h5-16,18H,4,17H2,1-3H3,(H,27,30)(H,28,29). The van der Waals surface area contributed by atoms with Gasteiger partial charge in [-0.1, -0.05) is 26.0 Å². The van der Waals surface area contributed by atoms with Crippen molar-refractivity contribution in [2.75, 3.05) is 23.8 Å². The van der Waals surface area contributed by atoms with Gasteiger partial charge in [0.05, 0.1) is 24.5 Å². The molecule has 6 heteroatoms. The number of ether oxygens (including phenoxy) is 2. The van der Waals surface area contributed by atoms with Crippen LogP contribution < -0.4 is 20.1 Å². The number of para-hydroxylation sites is 1. The third kappa shape index (κ3) is 6.35. The van der Waals surface area contributed by atoms with Gasteiger partial charge in [0.2, 0.25) is 0 Å². The molecule has 0 saturated heterocycles. The predicted octanol–water partition coefficient (Wildman–Crippen LogP) is 5.62. The lowest BCUT2D eigenvalue weighted by atomic mass is 10.1. The van der Waals surface area contributed by atoms with Gasteiger partial charge < -0.3 is 20.1 Å². The highest BCUT2D eigenvalue weighted by Crippen LogP contribution is 2.21. The first kappa shape index (κ1) is 22.9. The van der Waals surface area contributed by atoms with E-state index in [2.05, 4.69) is 24.5 Å². The molecule has 6 nitrogen and oxygen atoms in total. The maximum Gasteiger partial charge on any atom is 0.257 e. The van der Waals surface area contributed by atoms with Crippen molar-refractivity contribution in [3.05, 3.63) is 83.9 Å². The van der Waals surface area contributed by atoms with Crippen LogP contribution in [0.4, 0.5) is 11.4 Å². The molecule has 0 unspecified atom stereocenters. The van der Waals surface area contributed by atoms with Crippen molar-refractivity contribution in [2.45, 2.75) is 20.8 Å². The SMILES string of the molecule is CCOc1ccc(NC(=O)c2ccccc2NC(=O)c2ccc(OCC(C)C)cc2)cc1. The largest absolute Gasteiger partial charge is 0.494 e. The number of carbonyl (C=O) groups is 2. The van der Waals surface area contributed by atoms with Gasteiger partial charge in [-0.15, -0.1) is 0 Å². The summed E-state index contributed by atoms with van der Waals surface area (Å²) in [5.74, 6) is 1.25. The van der Waals surface area contributed by atoms with E-state index in [1.807, 2.05) is 6.92 Å². The number of anilines is 2. The molecule has 0 fully saturated rings. The summed E-state index contributed by atoms with van der Waals surface area (Å²) in [6.45, 7) is 7.25. The van der Waals surface area contributed by atoms with Crippen molar-refractivity contribution >= 4 is 23.2 Å². The Balaban J connectivity index is 1.67. The lowest BCUT2D eigenvalue weighted by Gasteiger charge is -2.12. The van der Waals surface area contributed by atoms with Gasteiger partial charge in [0.1, 0.15) is 11.5 Å². The molecule has 0 aliphatic carbocycles. The van der Waals surface area contributed by atoms with Crippen LogP contribution in [0.25, 0.3) is 0 Å². The molecule has 0 radical (unpaired) electrons. The second-order valence-electron chi connectivity index (χ2n) is 7.64. The highest BCUT2D eigenvalue weighted by molar-refractivity contribution is 6.12. The Hall–Kier alpha value is -3.80. The van der Waals surface area contributed by atoms with E-state index in [-0.39, 0.29) is 11.8 Å². The quantitative estimate of drug-likeness (QED) is 0.460. The van der Waals surface area contributed by atoms with E-state index >= 15 is 0 Å². The number of hydrogen-bond donors (Lipinski definition) is 2. The fourth-order valence-corrected chi connectivity index (χ4v) is 2.95. The minimum absolute atomic E-state index is 0.304. The zero-order valence-corrected chi connectivity index (χ0v) is 18.6. The van der Waals surface area contributed by atoms with Gasteiger partial charge in [0, 0.05) is 11.3 Å². The molecule has 0 aliphatic rings. The molecular weight excluding hydrogens is 404 g/mol. The van der Waals surface area contributed by atoms with Crippen LogP contribution in [0, 0.1) is 5.92 Å². The van der Waals surface area contributed by atoms with Gasteiger partial charge in [-0.25, -0.2) is 0 Å². The Bertz CT molecular complexity index is 1040. The molecule has 0 atom stereocenters. The minimum Gasteiger partial charge on any atom is -0.494 e. The summed E-state index contributed by atoms with van der Waals surface area (Å²) in [5, 5.41) is 5.68. The molecular formula is C26H28N2O4. The van der Waals surface area contributed by atoms with Crippen molar-refractivity contribution in [1.82, 2.24) is 0 Å². The van der Waals surface area contributed by atoms with Gasteiger partial charge >= 0.3 is 0 Å². The third-order valence-electron chi connectivity index (χ3n) is 4.54. The first-order valence-corrected chi connectivity index (χ1v) is 10.6. The maximum atomic E-state index is 12.8. The third-order valence-corrected chi connectivity index (χ3v) is 4.54. The monoisotopic (exact) mass is 432 g/mol. The topological polar surface area (TPSA) is 76.7 Å². The summed E-state index contributed by atoms with van der Waals surface area (Å²) in [5.41, 5.74) is 1.91. The molecule has 3 aromatic rings. The first-order chi connectivity index (χ1) is 15.5. The Kier molecular flexibility index (Phi) is 7.86. The highest BCUT2D eigenvalue weighted by atomic mass is 16.5. The molecule has 3 rings (SSSR count). The molecule has 2 amide bonds. The first-order valence-electron chi connectivity index (χ1n) is 10.6. The number of amides is 2. The Labute approximate surface area is 188 Å². The summed E-state index contributed by atoms with van der Waals surface area (Å²) < 4.78 is 11.1. The van der Waals surface area contributed by atoms with E-state index in [4.69, 9.17) is 9.47 Å². The van der Waals surface area contributed by atoms with Crippen LogP contribution in [-0.4, -0.2) is 25.0 Å². The van der Waals surface area contributed by atoms with Gasteiger partial charge in [0.15, 0.2) is 0 Å². The van der Waals surface area contributed by atoms with Crippen molar-refractivity contribution in [3.63, 3.8) is 0 Å². The average Bonchev–Trinajstić information content (AvgIpc) is 2.80. The Morgan fingerprint density at radius 3 is 2.06 bits per heavy atom. The maximum absolute atomic E-state index is 12.8. The summed E-state index contributed by atoms with van der Waals surface area (Å²) >= 11 is 0. The Morgan fingerprint density at radius 1 is 0.781 bits per heavy atom. The van der Waals surface area contributed by atoms with Crippen LogP contribution in [-0.2, 0) is 0 Å². The van der Waals surface area contributed by atoms with Crippen LogP contribution in [0.2, 0.25) is 0 Å². The highest BCUT2D eigenvalue weighted by Gasteiger charge is 2.14. The molecule has 0 heterocycles. The van der Waals surface area contributed by atoms with E-state index in [0.29, 0.717) is 47.4 Å². The molecule has 0 saturated carbocycles. The summed E-state index contributed by atoms with van der Waals surface area (Å²) in [6.07, 6.45) is 0. The minimum atomic E-state index is -0.317. The summed E-state index contributed by atoms with van der Waals surface area (Å²) in [4.78, 5) is 25.6. The summed E-state index contributed by atoms with van der Waals surface area (Å²) in [6, 6.07) is 21.0. The van der Waals surface area contributed by atoms with E-state index in [1.54, 1.807) is 72.8 Å². The van der Waals surface area contributed by atoms with Gasteiger partial charge in [0.25, 0.3) is 11.8 Å². The number of hydrogen-bond acceptors (Lipinski definition) is 4. The van der Waals surface area contributed by atoms with Crippen molar-refractivity contribution in [3.8, 4) is 11.5 Å². The van der Waals surface area contributed by atoms with Gasteiger partial charge in [-0.3, -0.25) is 9.59 Å². The van der Waals surface area contributed by atoms with Crippen LogP contribution in [0.5, 0.6) is 11.5 Å². The average molecular weight is 433 g/mol. The van der Waals surface area contributed by atoms with Crippen LogP contribution in [0.15, 0.2) is 72.8 Å². The molecule has 0 aromatic heterocycles. The zero-order chi connectivity index (χ0) is 22.9. The van der Waals surface area contributed by atoms with Crippen molar-refractivity contribution in [1.29, 1.82) is 0 Å². The normalized spacial score (nSPS) is 10.5. The van der Waals surface area contributed by atoms with Crippen LogP contribution in [0.1, 0.15) is 41.5 Å². The fourth-order valence-electron chi connectivity index (χ4n) is 2.95. The molecule has 32 heavy (non-hydrogen) atoms. The number of benzene rings is 3. The van der Waals surface area contributed by atoms with Crippen LogP contribution >= 0.6 is 0 Å². The lowest BCUT2D eigenvalue weighted by Crippen LogP contribution is -2.18. The van der Waals surface area contributed by atoms with Crippen LogP contribution in [0.3, 0.4) is 0 Å². The number of carbonyl (C=O) groups excluding carboxylic acids is 2. The van der Waals surface area contributed by atoms with E-state index < -0.39 is 0 Å². The molecule has 0 spiro atoms. The molecule has 2 N–H and O–H groups in total. The van der Waals surface area contributed by atoms with E-state index in [0.717, 1.165) is 5.75 Å².